The molecule has 0 saturated heterocycles. The lowest BCUT2D eigenvalue weighted by atomic mass is 10.0. The first kappa shape index (κ1) is 14.9. The third-order valence-electron chi connectivity index (χ3n) is 3.05. The zero-order chi connectivity index (χ0) is 13.9. The number of alkyl halides is 1. The van der Waals surface area contributed by atoms with Crippen LogP contribution in [0, 0.1) is 11.6 Å². The molecule has 1 aromatic carbocycles. The van der Waals surface area contributed by atoms with Gasteiger partial charge in [0.15, 0.2) is 11.6 Å². The number of amides is 1. The first-order valence-corrected chi connectivity index (χ1v) is 6.23. The predicted octanol–water partition coefficient (Wildman–Crippen LogP) is 3.63. The van der Waals surface area contributed by atoms with E-state index in [9.17, 15) is 13.6 Å². The maximum atomic E-state index is 13.9. The highest BCUT2D eigenvalue weighted by Crippen LogP contribution is 2.28. The van der Waals surface area contributed by atoms with Gasteiger partial charge in [-0.1, -0.05) is 19.1 Å². The molecule has 0 spiro atoms. The maximum absolute atomic E-state index is 13.9. The van der Waals surface area contributed by atoms with E-state index in [1.165, 1.54) is 24.0 Å². The van der Waals surface area contributed by atoms with Crippen molar-refractivity contribution < 1.29 is 13.6 Å². The quantitative estimate of drug-likeness (QED) is 0.769. The number of halogens is 3. The van der Waals surface area contributed by atoms with Crippen molar-refractivity contribution in [3.63, 3.8) is 0 Å². The van der Waals surface area contributed by atoms with E-state index in [0.29, 0.717) is 6.42 Å². The molecule has 0 N–H and O–H groups in total. The molecule has 0 saturated carbocycles. The minimum atomic E-state index is -0.932. The molecular weight excluding hydrogens is 260 g/mol. The molecule has 5 heteroatoms. The summed E-state index contributed by atoms with van der Waals surface area (Å²) in [4.78, 5) is 12.7. The molecule has 0 bridgehead atoms. The average Bonchev–Trinajstić information content (AvgIpc) is 2.35. The van der Waals surface area contributed by atoms with Gasteiger partial charge in [-0.3, -0.25) is 4.79 Å². The maximum Gasteiger partial charge on any atom is 0.219 e. The van der Waals surface area contributed by atoms with Gasteiger partial charge in [-0.2, -0.15) is 0 Å². The van der Waals surface area contributed by atoms with Gasteiger partial charge in [0.05, 0.1) is 11.9 Å². The fourth-order valence-electron chi connectivity index (χ4n) is 1.89. The highest BCUT2D eigenvalue weighted by atomic mass is 35.5. The molecule has 2 nitrogen and oxygen atoms in total. The van der Waals surface area contributed by atoms with Crippen molar-refractivity contribution in [1.82, 2.24) is 4.90 Å². The van der Waals surface area contributed by atoms with Gasteiger partial charge in [-0.15, -0.1) is 11.6 Å². The van der Waals surface area contributed by atoms with Crippen LogP contribution in [-0.2, 0) is 10.7 Å². The molecule has 0 radical (unpaired) electrons. The lowest BCUT2D eigenvalue weighted by Crippen LogP contribution is -2.29. The van der Waals surface area contributed by atoms with E-state index in [-0.39, 0.29) is 22.9 Å². The molecule has 1 amide bonds. The fourth-order valence-corrected chi connectivity index (χ4v) is 2.09. The van der Waals surface area contributed by atoms with Crippen LogP contribution in [0.4, 0.5) is 8.78 Å². The highest BCUT2D eigenvalue weighted by molar-refractivity contribution is 6.17. The SMILES string of the molecule is CCC(c1ccc(CCl)c(F)c1F)N(C)C(C)=O. The number of nitrogens with zero attached hydrogens (tertiary/aromatic N) is 1. The topological polar surface area (TPSA) is 20.3 Å². The Bertz CT molecular complexity index is 451. The van der Waals surface area contributed by atoms with Crippen LogP contribution in [0.3, 0.4) is 0 Å². The molecule has 1 unspecified atom stereocenters. The summed E-state index contributed by atoms with van der Waals surface area (Å²) in [5.41, 5.74) is 0.305. The summed E-state index contributed by atoms with van der Waals surface area (Å²) < 4.78 is 27.6. The third-order valence-corrected chi connectivity index (χ3v) is 3.33. The second-order valence-corrected chi connectivity index (χ2v) is 4.40. The summed E-state index contributed by atoms with van der Waals surface area (Å²) in [5.74, 6) is -2.13. The molecular formula is C13H16ClF2NO. The van der Waals surface area contributed by atoms with E-state index in [4.69, 9.17) is 11.6 Å². The van der Waals surface area contributed by atoms with E-state index >= 15 is 0 Å². The van der Waals surface area contributed by atoms with Crippen LogP contribution in [0.5, 0.6) is 0 Å². The van der Waals surface area contributed by atoms with Gasteiger partial charge in [0, 0.05) is 25.1 Å². The van der Waals surface area contributed by atoms with E-state index in [2.05, 4.69) is 0 Å². The molecule has 0 aliphatic rings. The van der Waals surface area contributed by atoms with Crippen molar-refractivity contribution in [2.75, 3.05) is 7.05 Å². The van der Waals surface area contributed by atoms with Crippen LogP contribution in [0.2, 0.25) is 0 Å². The minimum absolute atomic E-state index is 0.0810. The summed E-state index contributed by atoms with van der Waals surface area (Å²) in [6.07, 6.45) is 0.507. The second kappa shape index (κ2) is 6.14. The van der Waals surface area contributed by atoms with Crippen LogP contribution >= 0.6 is 11.6 Å². The van der Waals surface area contributed by atoms with Crippen molar-refractivity contribution in [2.24, 2.45) is 0 Å². The lowest BCUT2D eigenvalue weighted by Gasteiger charge is -2.27. The Balaban J connectivity index is 3.23. The summed E-state index contributed by atoms with van der Waals surface area (Å²) in [6, 6.07) is 2.47. The molecule has 100 valence electrons. The zero-order valence-electron chi connectivity index (χ0n) is 10.6. The van der Waals surface area contributed by atoms with Crippen molar-refractivity contribution in [1.29, 1.82) is 0 Å². The predicted molar refractivity (Wildman–Crippen MR) is 67.4 cm³/mol. The molecule has 0 aliphatic heterocycles. The van der Waals surface area contributed by atoms with Crippen molar-refractivity contribution in [2.45, 2.75) is 32.2 Å². The van der Waals surface area contributed by atoms with E-state index in [1.807, 2.05) is 6.92 Å². The van der Waals surface area contributed by atoms with Crippen LogP contribution in [0.1, 0.15) is 37.4 Å². The number of rotatable bonds is 4. The largest absolute Gasteiger partial charge is 0.339 e. The Kier molecular flexibility index (Phi) is 5.08. The van der Waals surface area contributed by atoms with Crippen LogP contribution < -0.4 is 0 Å². The van der Waals surface area contributed by atoms with Gasteiger partial charge >= 0.3 is 0 Å². The van der Waals surface area contributed by atoms with Gasteiger partial charge in [0.1, 0.15) is 0 Å². The van der Waals surface area contributed by atoms with E-state index < -0.39 is 17.7 Å². The first-order valence-electron chi connectivity index (χ1n) is 5.70. The second-order valence-electron chi connectivity index (χ2n) is 4.13. The Morgan fingerprint density at radius 3 is 2.44 bits per heavy atom. The Labute approximate surface area is 111 Å². The number of hydrogen-bond acceptors (Lipinski definition) is 1. The van der Waals surface area contributed by atoms with Crippen molar-refractivity contribution in [3.8, 4) is 0 Å². The highest BCUT2D eigenvalue weighted by Gasteiger charge is 2.23. The summed E-state index contributed by atoms with van der Waals surface area (Å²) in [6.45, 7) is 3.21. The van der Waals surface area contributed by atoms with Gasteiger partial charge in [-0.25, -0.2) is 8.78 Å². The first-order chi connectivity index (χ1) is 8.43. The smallest absolute Gasteiger partial charge is 0.219 e. The normalized spacial score (nSPS) is 12.3. The van der Waals surface area contributed by atoms with Crippen LogP contribution in [0.25, 0.3) is 0 Å². The molecule has 0 fully saturated rings. The molecule has 1 aromatic rings. The average molecular weight is 276 g/mol. The minimum Gasteiger partial charge on any atom is -0.339 e. The number of carbonyl (C=O) groups is 1. The van der Waals surface area contributed by atoms with Gasteiger partial charge < -0.3 is 4.90 Å². The van der Waals surface area contributed by atoms with Gasteiger partial charge in [0.25, 0.3) is 0 Å². The zero-order valence-corrected chi connectivity index (χ0v) is 11.4. The molecule has 1 rings (SSSR count). The number of carbonyl (C=O) groups excluding carboxylic acids is 1. The lowest BCUT2D eigenvalue weighted by molar-refractivity contribution is -0.129. The Morgan fingerprint density at radius 2 is 2.00 bits per heavy atom. The Hall–Kier alpha value is -1.16. The van der Waals surface area contributed by atoms with E-state index in [0.717, 1.165) is 0 Å². The molecule has 0 aliphatic carbocycles. The molecule has 18 heavy (non-hydrogen) atoms. The Morgan fingerprint density at radius 1 is 1.39 bits per heavy atom. The van der Waals surface area contributed by atoms with Crippen LogP contribution in [0.15, 0.2) is 12.1 Å². The number of hydrogen-bond donors (Lipinski definition) is 0. The van der Waals surface area contributed by atoms with Gasteiger partial charge in [-0.05, 0) is 6.42 Å². The van der Waals surface area contributed by atoms with Crippen molar-refractivity contribution in [3.05, 3.63) is 34.9 Å². The van der Waals surface area contributed by atoms with Gasteiger partial charge in [0.2, 0.25) is 5.91 Å². The van der Waals surface area contributed by atoms with Crippen LogP contribution in [-0.4, -0.2) is 17.9 Å². The summed E-state index contributed by atoms with van der Waals surface area (Å²) in [5, 5.41) is 0. The van der Waals surface area contributed by atoms with E-state index in [1.54, 1.807) is 7.05 Å². The number of benzene rings is 1. The standard InChI is InChI=1S/C13H16ClF2NO/c1-4-11(17(3)8(2)18)10-6-5-9(7-14)12(15)13(10)16/h5-6,11H,4,7H2,1-3H3. The molecule has 0 aromatic heterocycles. The monoisotopic (exact) mass is 275 g/mol. The summed E-state index contributed by atoms with van der Waals surface area (Å²) >= 11 is 5.51. The van der Waals surface area contributed by atoms with Crippen molar-refractivity contribution >= 4 is 17.5 Å². The third kappa shape index (κ3) is 2.80. The molecule has 0 heterocycles. The fraction of sp³-hybridized carbons (Fsp3) is 0.462. The molecule has 1 atom stereocenters. The summed E-state index contributed by atoms with van der Waals surface area (Å²) in [7, 11) is 1.57.